The molecule has 0 aromatic heterocycles. The standard InChI is InChI=1S/C19H13ClF2N2O3S/c20-12-6-8-15(19(25)23-17-9-7-13(21)11-16(17)22)18(10-12)24-28(26,27)14-4-2-1-3-5-14/h1-11,24H,(H,23,25). The Kier molecular flexibility index (Phi) is 5.62. The van der Waals surface area contributed by atoms with Crippen LogP contribution in [0.25, 0.3) is 0 Å². The number of nitrogens with one attached hydrogen (secondary N) is 2. The van der Waals surface area contributed by atoms with Crippen LogP contribution in [0.1, 0.15) is 10.4 Å². The lowest BCUT2D eigenvalue weighted by Crippen LogP contribution is -2.19. The van der Waals surface area contributed by atoms with Crippen LogP contribution in [-0.2, 0) is 10.0 Å². The Morgan fingerprint density at radius 2 is 1.61 bits per heavy atom. The van der Waals surface area contributed by atoms with Gasteiger partial charge < -0.3 is 5.32 Å². The van der Waals surface area contributed by atoms with Gasteiger partial charge in [0.05, 0.1) is 21.8 Å². The molecule has 0 atom stereocenters. The third kappa shape index (κ3) is 4.47. The molecule has 3 aromatic carbocycles. The number of amides is 1. The summed E-state index contributed by atoms with van der Waals surface area (Å²) >= 11 is 5.93. The maximum atomic E-state index is 13.8. The van der Waals surface area contributed by atoms with Gasteiger partial charge in [0.1, 0.15) is 11.6 Å². The summed E-state index contributed by atoms with van der Waals surface area (Å²) < 4.78 is 54.2. The van der Waals surface area contributed by atoms with Crippen LogP contribution in [0.15, 0.2) is 71.6 Å². The van der Waals surface area contributed by atoms with Gasteiger partial charge in [-0.2, -0.15) is 0 Å². The van der Waals surface area contributed by atoms with E-state index in [0.29, 0.717) is 6.07 Å². The van der Waals surface area contributed by atoms with Crippen molar-refractivity contribution >= 4 is 38.9 Å². The molecule has 144 valence electrons. The summed E-state index contributed by atoms with van der Waals surface area (Å²) in [6, 6.07) is 14.2. The molecule has 0 spiro atoms. The molecule has 28 heavy (non-hydrogen) atoms. The number of hydrogen-bond acceptors (Lipinski definition) is 3. The molecular weight excluding hydrogens is 410 g/mol. The van der Waals surface area contributed by atoms with Crippen LogP contribution in [0.3, 0.4) is 0 Å². The number of sulfonamides is 1. The summed E-state index contributed by atoms with van der Waals surface area (Å²) in [4.78, 5) is 12.5. The summed E-state index contributed by atoms with van der Waals surface area (Å²) in [6.07, 6.45) is 0. The predicted molar refractivity (Wildman–Crippen MR) is 103 cm³/mol. The molecule has 0 saturated carbocycles. The lowest BCUT2D eigenvalue weighted by atomic mass is 10.1. The first-order valence-corrected chi connectivity index (χ1v) is 9.76. The predicted octanol–water partition coefficient (Wildman–Crippen LogP) is 4.67. The Labute approximate surface area is 165 Å². The highest BCUT2D eigenvalue weighted by Gasteiger charge is 2.20. The Bertz CT molecular complexity index is 1140. The van der Waals surface area contributed by atoms with Crippen LogP contribution >= 0.6 is 11.6 Å². The topological polar surface area (TPSA) is 75.3 Å². The van der Waals surface area contributed by atoms with E-state index in [9.17, 15) is 22.0 Å². The van der Waals surface area contributed by atoms with Crippen LogP contribution < -0.4 is 10.0 Å². The first-order chi connectivity index (χ1) is 13.3. The van der Waals surface area contributed by atoms with E-state index in [1.54, 1.807) is 18.2 Å². The monoisotopic (exact) mass is 422 g/mol. The molecule has 0 bridgehead atoms. The average molecular weight is 423 g/mol. The van der Waals surface area contributed by atoms with E-state index in [-0.39, 0.29) is 26.9 Å². The van der Waals surface area contributed by atoms with E-state index in [1.165, 1.54) is 30.3 Å². The molecule has 0 fully saturated rings. The van der Waals surface area contributed by atoms with Gasteiger partial charge in [-0.25, -0.2) is 17.2 Å². The van der Waals surface area contributed by atoms with Crippen LogP contribution in [0, 0.1) is 11.6 Å². The SMILES string of the molecule is O=C(Nc1ccc(F)cc1F)c1ccc(Cl)cc1NS(=O)(=O)c1ccccc1. The lowest BCUT2D eigenvalue weighted by molar-refractivity contribution is 0.102. The van der Waals surface area contributed by atoms with Gasteiger partial charge in [-0.15, -0.1) is 0 Å². The van der Waals surface area contributed by atoms with Gasteiger partial charge in [-0.05, 0) is 42.5 Å². The second-order valence-electron chi connectivity index (χ2n) is 5.69. The van der Waals surface area contributed by atoms with Crippen LogP contribution in [0.2, 0.25) is 5.02 Å². The smallest absolute Gasteiger partial charge is 0.261 e. The molecule has 3 aromatic rings. The lowest BCUT2D eigenvalue weighted by Gasteiger charge is -2.14. The summed E-state index contributed by atoms with van der Waals surface area (Å²) in [7, 11) is -3.99. The molecule has 9 heteroatoms. The molecule has 5 nitrogen and oxygen atoms in total. The minimum absolute atomic E-state index is 0.00841. The molecular formula is C19H13ClF2N2O3S. The maximum Gasteiger partial charge on any atom is 0.261 e. The van der Waals surface area contributed by atoms with Crippen molar-refractivity contribution in [3.05, 3.63) is 89.0 Å². The minimum Gasteiger partial charge on any atom is -0.319 e. The molecule has 0 aliphatic carbocycles. The molecule has 0 radical (unpaired) electrons. The summed E-state index contributed by atoms with van der Waals surface area (Å²) in [5.41, 5.74) is -0.428. The fraction of sp³-hybridized carbons (Fsp3) is 0. The summed E-state index contributed by atoms with van der Waals surface area (Å²) in [6.45, 7) is 0. The van der Waals surface area contributed by atoms with Gasteiger partial charge in [0.25, 0.3) is 15.9 Å². The first-order valence-electron chi connectivity index (χ1n) is 7.90. The Morgan fingerprint density at radius 3 is 2.29 bits per heavy atom. The third-order valence-corrected chi connectivity index (χ3v) is 5.32. The van der Waals surface area contributed by atoms with Crippen molar-refractivity contribution < 1.29 is 22.0 Å². The molecule has 3 rings (SSSR count). The van der Waals surface area contributed by atoms with Crippen molar-refractivity contribution in [2.24, 2.45) is 0 Å². The average Bonchev–Trinajstić information content (AvgIpc) is 2.64. The number of hydrogen-bond donors (Lipinski definition) is 2. The molecule has 1 amide bonds. The van der Waals surface area contributed by atoms with Crippen molar-refractivity contribution in [3.8, 4) is 0 Å². The van der Waals surface area contributed by atoms with Crippen LogP contribution in [0.5, 0.6) is 0 Å². The fourth-order valence-corrected chi connectivity index (χ4v) is 3.65. The highest BCUT2D eigenvalue weighted by Crippen LogP contribution is 2.26. The Balaban J connectivity index is 1.93. The van der Waals surface area contributed by atoms with Crippen molar-refractivity contribution in [1.82, 2.24) is 0 Å². The zero-order valence-electron chi connectivity index (χ0n) is 14.1. The normalized spacial score (nSPS) is 11.1. The van der Waals surface area contributed by atoms with Gasteiger partial charge >= 0.3 is 0 Å². The molecule has 0 aliphatic rings. The fourth-order valence-electron chi connectivity index (χ4n) is 2.38. The van der Waals surface area contributed by atoms with Crippen molar-refractivity contribution in [1.29, 1.82) is 0 Å². The summed E-state index contributed by atoms with van der Waals surface area (Å²) in [5, 5.41) is 2.47. The first kappa shape index (κ1) is 19.8. The van der Waals surface area contributed by atoms with E-state index in [4.69, 9.17) is 11.6 Å². The van der Waals surface area contributed by atoms with E-state index in [1.807, 2.05) is 0 Å². The Morgan fingerprint density at radius 1 is 0.893 bits per heavy atom. The number of benzene rings is 3. The minimum atomic E-state index is -3.99. The van der Waals surface area contributed by atoms with Crippen LogP contribution in [0.4, 0.5) is 20.2 Å². The molecule has 0 aliphatic heterocycles. The number of anilines is 2. The maximum absolute atomic E-state index is 13.8. The van der Waals surface area contributed by atoms with Gasteiger partial charge in [0.2, 0.25) is 0 Å². The number of rotatable bonds is 5. The number of carbonyl (C=O) groups is 1. The number of halogens is 3. The summed E-state index contributed by atoms with van der Waals surface area (Å²) in [5.74, 6) is -2.56. The van der Waals surface area contributed by atoms with Crippen molar-refractivity contribution in [3.63, 3.8) is 0 Å². The highest BCUT2D eigenvalue weighted by atomic mass is 35.5. The van der Waals surface area contributed by atoms with Crippen molar-refractivity contribution in [2.75, 3.05) is 10.0 Å². The van der Waals surface area contributed by atoms with Crippen molar-refractivity contribution in [2.45, 2.75) is 4.90 Å². The number of carbonyl (C=O) groups excluding carboxylic acids is 1. The van der Waals surface area contributed by atoms with E-state index >= 15 is 0 Å². The largest absolute Gasteiger partial charge is 0.319 e. The molecule has 2 N–H and O–H groups in total. The zero-order chi connectivity index (χ0) is 20.3. The molecule has 0 unspecified atom stereocenters. The van der Waals surface area contributed by atoms with Gasteiger partial charge in [-0.1, -0.05) is 29.8 Å². The van der Waals surface area contributed by atoms with Crippen LogP contribution in [-0.4, -0.2) is 14.3 Å². The molecule has 0 saturated heterocycles. The van der Waals surface area contributed by atoms with Gasteiger partial charge in [0, 0.05) is 11.1 Å². The third-order valence-electron chi connectivity index (χ3n) is 3.70. The molecule has 0 heterocycles. The second kappa shape index (κ2) is 7.95. The quantitative estimate of drug-likeness (QED) is 0.627. The Hall–Kier alpha value is -2.97. The van der Waals surface area contributed by atoms with Gasteiger partial charge in [0.15, 0.2) is 0 Å². The zero-order valence-corrected chi connectivity index (χ0v) is 15.7. The second-order valence-corrected chi connectivity index (χ2v) is 7.81. The highest BCUT2D eigenvalue weighted by molar-refractivity contribution is 7.92. The van der Waals surface area contributed by atoms with E-state index in [0.717, 1.165) is 12.1 Å². The van der Waals surface area contributed by atoms with E-state index < -0.39 is 27.6 Å². The van der Waals surface area contributed by atoms with Gasteiger partial charge in [-0.3, -0.25) is 9.52 Å². The van der Waals surface area contributed by atoms with E-state index in [2.05, 4.69) is 10.0 Å².